The molecule has 5 rings (SSSR count). The van der Waals surface area contributed by atoms with E-state index in [0.717, 1.165) is 24.7 Å². The van der Waals surface area contributed by atoms with E-state index in [0.29, 0.717) is 16.9 Å². The molecule has 0 N–H and O–H groups in total. The van der Waals surface area contributed by atoms with Crippen LogP contribution < -0.4 is 4.74 Å². The SMILES string of the molecule is CC(=O)Oc1ccccc1C(=O)OC1CCC2(C)C3=C(CCC2C1(C)C)C1CCC(CCCC=C(C)C)C1(C)CC3. The van der Waals surface area contributed by atoms with Crippen molar-refractivity contribution < 1.29 is 19.1 Å². The largest absolute Gasteiger partial charge is 0.458 e. The predicted molar refractivity (Wildman–Crippen MR) is 165 cm³/mol. The van der Waals surface area contributed by atoms with Crippen LogP contribution in [0.25, 0.3) is 0 Å². The van der Waals surface area contributed by atoms with Crippen LogP contribution in [0.4, 0.5) is 0 Å². The third kappa shape index (κ3) is 5.45. The van der Waals surface area contributed by atoms with E-state index in [1.54, 1.807) is 29.8 Å². The average molecular weight is 561 g/mol. The van der Waals surface area contributed by atoms with E-state index in [2.05, 4.69) is 47.6 Å². The number of fused-ring (bicyclic) bond motifs is 4. The fraction of sp³-hybridized carbons (Fsp3) is 0.676. The van der Waals surface area contributed by atoms with Crippen LogP contribution in [-0.2, 0) is 9.53 Å². The van der Waals surface area contributed by atoms with Crippen molar-refractivity contribution in [2.75, 3.05) is 0 Å². The van der Waals surface area contributed by atoms with Gasteiger partial charge in [0.25, 0.3) is 0 Å². The topological polar surface area (TPSA) is 52.6 Å². The van der Waals surface area contributed by atoms with Gasteiger partial charge in [-0.15, -0.1) is 0 Å². The van der Waals surface area contributed by atoms with E-state index in [4.69, 9.17) is 9.47 Å². The van der Waals surface area contributed by atoms with E-state index in [9.17, 15) is 9.59 Å². The highest BCUT2D eigenvalue weighted by atomic mass is 16.6. The number of unbranched alkanes of at least 4 members (excludes halogenated alkanes) is 1. The van der Waals surface area contributed by atoms with Crippen molar-refractivity contribution in [1.29, 1.82) is 0 Å². The van der Waals surface area contributed by atoms with Gasteiger partial charge in [0, 0.05) is 12.3 Å². The van der Waals surface area contributed by atoms with Crippen molar-refractivity contribution in [3.8, 4) is 5.75 Å². The molecule has 1 aromatic rings. The van der Waals surface area contributed by atoms with E-state index in [1.807, 2.05) is 5.57 Å². The van der Waals surface area contributed by atoms with Crippen molar-refractivity contribution in [1.82, 2.24) is 0 Å². The number of hydrogen-bond donors (Lipinski definition) is 0. The second-order valence-electron chi connectivity index (χ2n) is 14.9. The molecule has 2 saturated carbocycles. The Morgan fingerprint density at radius 3 is 2.44 bits per heavy atom. The minimum absolute atomic E-state index is 0.137. The molecule has 4 nitrogen and oxygen atoms in total. The number of hydrogen-bond acceptors (Lipinski definition) is 4. The molecule has 0 spiro atoms. The third-order valence-corrected chi connectivity index (χ3v) is 12.0. The molecule has 2 fully saturated rings. The van der Waals surface area contributed by atoms with Crippen LogP contribution in [0.2, 0.25) is 0 Å². The van der Waals surface area contributed by atoms with Gasteiger partial charge in [-0.2, -0.15) is 0 Å². The molecular formula is C37H52O4. The quantitative estimate of drug-likeness (QED) is 0.144. The highest BCUT2D eigenvalue weighted by Crippen LogP contribution is 2.67. The predicted octanol–water partition coefficient (Wildman–Crippen LogP) is 9.63. The Balaban J connectivity index is 1.32. The number of ether oxygens (including phenoxy) is 2. The highest BCUT2D eigenvalue weighted by molar-refractivity contribution is 5.93. The van der Waals surface area contributed by atoms with Crippen LogP contribution >= 0.6 is 0 Å². The molecule has 0 bridgehead atoms. The highest BCUT2D eigenvalue weighted by Gasteiger charge is 2.59. The summed E-state index contributed by atoms with van der Waals surface area (Å²) >= 11 is 0. The molecule has 0 radical (unpaired) electrons. The molecule has 4 aliphatic carbocycles. The monoisotopic (exact) mass is 560 g/mol. The minimum Gasteiger partial charge on any atom is -0.458 e. The third-order valence-electron chi connectivity index (χ3n) is 12.0. The Morgan fingerprint density at radius 1 is 0.951 bits per heavy atom. The van der Waals surface area contributed by atoms with Gasteiger partial charge < -0.3 is 9.47 Å². The summed E-state index contributed by atoms with van der Waals surface area (Å²) in [5.41, 5.74) is 5.87. The standard InChI is InChI=1S/C37H52O4/c1-24(2)12-8-9-13-26-16-18-29-27-17-19-32-35(4,5)33(21-23-37(32,7)30(27)20-22-36(26,29)6)41-34(39)28-14-10-11-15-31(28)40-25(3)38/h10-12,14-15,26,29,32-33H,8-9,13,16-23H2,1-7H3. The van der Waals surface area contributed by atoms with Crippen molar-refractivity contribution in [2.45, 2.75) is 125 Å². The molecule has 4 heteroatoms. The van der Waals surface area contributed by atoms with Crippen LogP contribution in [0.3, 0.4) is 0 Å². The molecule has 224 valence electrons. The maximum absolute atomic E-state index is 13.4. The minimum atomic E-state index is -0.439. The fourth-order valence-corrected chi connectivity index (χ4v) is 9.89. The molecule has 0 saturated heterocycles. The number of esters is 2. The van der Waals surface area contributed by atoms with Gasteiger partial charge in [0.2, 0.25) is 0 Å². The van der Waals surface area contributed by atoms with E-state index >= 15 is 0 Å². The molecule has 41 heavy (non-hydrogen) atoms. The Bertz CT molecular complexity index is 1230. The molecule has 0 aromatic heterocycles. The first-order chi connectivity index (χ1) is 19.4. The molecule has 0 amide bonds. The first-order valence-corrected chi connectivity index (χ1v) is 16.2. The van der Waals surface area contributed by atoms with Gasteiger partial charge in [-0.3, -0.25) is 4.79 Å². The summed E-state index contributed by atoms with van der Waals surface area (Å²) in [7, 11) is 0. The number of carbonyl (C=O) groups excluding carboxylic acids is 2. The van der Waals surface area contributed by atoms with Gasteiger partial charge in [0.1, 0.15) is 17.4 Å². The van der Waals surface area contributed by atoms with Crippen molar-refractivity contribution in [3.63, 3.8) is 0 Å². The second-order valence-corrected chi connectivity index (χ2v) is 14.9. The lowest BCUT2D eigenvalue weighted by Crippen LogP contribution is -2.54. The maximum Gasteiger partial charge on any atom is 0.342 e. The van der Waals surface area contributed by atoms with Crippen LogP contribution in [0.15, 0.2) is 47.1 Å². The average Bonchev–Trinajstić information content (AvgIpc) is 3.24. The molecule has 4 aliphatic rings. The van der Waals surface area contributed by atoms with Gasteiger partial charge in [0.05, 0.1) is 0 Å². The normalized spacial score (nSPS) is 33.7. The van der Waals surface area contributed by atoms with Gasteiger partial charge in [-0.1, -0.05) is 62.6 Å². The summed E-state index contributed by atoms with van der Waals surface area (Å²) in [5, 5.41) is 0. The fourth-order valence-electron chi connectivity index (χ4n) is 9.89. The van der Waals surface area contributed by atoms with Crippen molar-refractivity contribution >= 4 is 11.9 Å². The van der Waals surface area contributed by atoms with Crippen molar-refractivity contribution in [2.24, 2.45) is 34.0 Å². The summed E-state index contributed by atoms with van der Waals surface area (Å²) in [6.07, 6.45) is 15.8. The van der Waals surface area contributed by atoms with E-state index in [-0.39, 0.29) is 22.7 Å². The zero-order valence-corrected chi connectivity index (χ0v) is 26.6. The number of carbonyl (C=O) groups is 2. The number of allylic oxidation sites excluding steroid dienone is 4. The maximum atomic E-state index is 13.4. The zero-order chi connectivity index (χ0) is 29.6. The number of rotatable bonds is 7. The zero-order valence-electron chi connectivity index (χ0n) is 26.6. The summed E-state index contributed by atoms with van der Waals surface area (Å²) in [6, 6.07) is 6.90. The molecule has 6 atom stereocenters. The Labute approximate surface area is 248 Å². The van der Waals surface area contributed by atoms with E-state index in [1.165, 1.54) is 70.3 Å². The molecule has 1 aromatic carbocycles. The van der Waals surface area contributed by atoms with Gasteiger partial charge in [-0.05, 0) is 125 Å². The Kier molecular flexibility index (Phi) is 8.36. The second kappa shape index (κ2) is 11.4. The molecule has 6 unspecified atom stereocenters. The first kappa shape index (κ1) is 30.1. The molecule has 0 heterocycles. The van der Waals surface area contributed by atoms with Gasteiger partial charge in [0.15, 0.2) is 0 Å². The van der Waals surface area contributed by atoms with E-state index < -0.39 is 11.9 Å². The van der Waals surface area contributed by atoms with Crippen LogP contribution in [-0.4, -0.2) is 18.0 Å². The lowest BCUT2D eigenvalue weighted by molar-refractivity contribution is -0.131. The smallest absolute Gasteiger partial charge is 0.342 e. The van der Waals surface area contributed by atoms with Gasteiger partial charge in [-0.25, -0.2) is 4.79 Å². The van der Waals surface area contributed by atoms with Crippen LogP contribution in [0.1, 0.15) is 129 Å². The Morgan fingerprint density at radius 2 is 1.71 bits per heavy atom. The Hall–Kier alpha value is -2.36. The summed E-state index contributed by atoms with van der Waals surface area (Å²) in [5.74, 6) is 1.54. The lowest BCUT2D eigenvalue weighted by Gasteiger charge is -2.60. The summed E-state index contributed by atoms with van der Waals surface area (Å²) in [6.45, 7) is 15.6. The number of para-hydroxylation sites is 1. The molecule has 0 aliphatic heterocycles. The van der Waals surface area contributed by atoms with Gasteiger partial charge >= 0.3 is 11.9 Å². The lowest BCUT2D eigenvalue weighted by atomic mass is 9.46. The van der Waals surface area contributed by atoms with Crippen LogP contribution in [0.5, 0.6) is 5.75 Å². The van der Waals surface area contributed by atoms with Crippen LogP contribution in [0, 0.1) is 34.0 Å². The summed E-state index contributed by atoms with van der Waals surface area (Å²) in [4.78, 5) is 25.0. The van der Waals surface area contributed by atoms with Crippen molar-refractivity contribution in [3.05, 3.63) is 52.6 Å². The summed E-state index contributed by atoms with van der Waals surface area (Å²) < 4.78 is 11.6. The first-order valence-electron chi connectivity index (χ1n) is 16.2. The molecular weight excluding hydrogens is 508 g/mol. The number of benzene rings is 1.